The summed E-state index contributed by atoms with van der Waals surface area (Å²) in [5, 5.41) is 120. The molecule has 3 aliphatic heterocycles. The van der Waals surface area contributed by atoms with Gasteiger partial charge >= 0.3 is 0 Å². The summed E-state index contributed by atoms with van der Waals surface area (Å²) in [7, 11) is 0. The van der Waals surface area contributed by atoms with E-state index in [4.69, 9.17) is 28.4 Å². The molecular weight excluding hydrogens is 1130 g/mol. The summed E-state index contributed by atoms with van der Waals surface area (Å²) in [5.74, 6) is -0.283. The third-order valence-corrected chi connectivity index (χ3v) is 18.0. The lowest BCUT2D eigenvalue weighted by Crippen LogP contribution is -2.66. The van der Waals surface area contributed by atoms with Crippen LogP contribution in [0.25, 0.3) is 0 Å². The van der Waals surface area contributed by atoms with E-state index in [-0.39, 0.29) is 18.9 Å². The predicted octanol–water partition coefficient (Wildman–Crippen LogP) is 9.44. The molecule has 3 aliphatic rings. The van der Waals surface area contributed by atoms with Crippen LogP contribution in [-0.4, -0.2) is 193 Å². The molecule has 0 saturated carbocycles. The first-order chi connectivity index (χ1) is 42.8. The zero-order valence-corrected chi connectivity index (χ0v) is 54.7. The Morgan fingerprint density at radius 1 is 0.398 bits per heavy atom. The lowest BCUT2D eigenvalue weighted by Gasteiger charge is -2.48. The van der Waals surface area contributed by atoms with Gasteiger partial charge in [0.1, 0.15) is 73.2 Å². The summed E-state index contributed by atoms with van der Waals surface area (Å²) >= 11 is 0. The van der Waals surface area contributed by atoms with Crippen LogP contribution in [0.2, 0.25) is 0 Å². The van der Waals surface area contributed by atoms with E-state index in [9.17, 15) is 61.0 Å². The highest BCUT2D eigenvalue weighted by Gasteiger charge is 2.53. The van der Waals surface area contributed by atoms with Crippen molar-refractivity contribution in [2.75, 3.05) is 26.4 Å². The summed E-state index contributed by atoms with van der Waals surface area (Å²) in [6.45, 7) is 1.72. The fraction of sp³-hybridized carbons (Fsp3) is 0.928. The Morgan fingerprint density at radius 3 is 1.12 bits per heavy atom. The molecule has 0 aliphatic carbocycles. The molecule has 3 heterocycles. The van der Waals surface area contributed by atoms with Crippen LogP contribution in [0.3, 0.4) is 0 Å². The number of nitrogens with one attached hydrogen (secondary N) is 1. The van der Waals surface area contributed by atoms with Crippen LogP contribution in [0.5, 0.6) is 0 Å². The van der Waals surface area contributed by atoms with E-state index in [1.807, 2.05) is 6.08 Å². The van der Waals surface area contributed by atoms with Gasteiger partial charge in [0, 0.05) is 6.42 Å². The molecule has 0 bridgehead atoms. The van der Waals surface area contributed by atoms with Crippen molar-refractivity contribution in [1.82, 2.24) is 5.32 Å². The molecular formula is C69H129NO18. The molecule has 19 heteroatoms. The van der Waals surface area contributed by atoms with Crippen molar-refractivity contribution >= 4 is 5.91 Å². The minimum atomic E-state index is -1.98. The van der Waals surface area contributed by atoms with E-state index >= 15 is 0 Å². The highest BCUT2D eigenvalue weighted by Crippen LogP contribution is 2.33. The van der Waals surface area contributed by atoms with Gasteiger partial charge in [-0.3, -0.25) is 4.79 Å². The van der Waals surface area contributed by atoms with Gasteiger partial charge in [-0.05, 0) is 44.9 Å². The number of rotatable bonds is 55. The number of allylic oxidation sites excluding steroid dienone is 3. The van der Waals surface area contributed by atoms with Crippen molar-refractivity contribution in [3.05, 3.63) is 24.3 Å². The van der Waals surface area contributed by atoms with Gasteiger partial charge in [0.15, 0.2) is 18.9 Å². The van der Waals surface area contributed by atoms with E-state index in [2.05, 4.69) is 31.3 Å². The van der Waals surface area contributed by atoms with Crippen molar-refractivity contribution in [1.29, 1.82) is 0 Å². The molecule has 3 saturated heterocycles. The predicted molar refractivity (Wildman–Crippen MR) is 342 cm³/mol. The largest absolute Gasteiger partial charge is 0.394 e. The van der Waals surface area contributed by atoms with Crippen LogP contribution < -0.4 is 5.32 Å². The fourth-order valence-corrected chi connectivity index (χ4v) is 12.2. The minimum absolute atomic E-state index is 0.234. The first-order valence-electron chi connectivity index (χ1n) is 35.6. The van der Waals surface area contributed by atoms with Crippen LogP contribution in [0, 0.1) is 0 Å². The van der Waals surface area contributed by atoms with Gasteiger partial charge < -0.3 is 89.9 Å². The lowest BCUT2D eigenvalue weighted by atomic mass is 9.96. The summed E-state index contributed by atoms with van der Waals surface area (Å²) in [4.78, 5) is 13.3. The van der Waals surface area contributed by atoms with E-state index in [1.54, 1.807) is 6.08 Å². The zero-order chi connectivity index (χ0) is 64.0. The van der Waals surface area contributed by atoms with E-state index in [0.717, 1.165) is 64.2 Å². The number of amides is 1. The number of carbonyl (C=O) groups is 1. The Labute approximate surface area is 530 Å². The van der Waals surface area contributed by atoms with Gasteiger partial charge in [0.05, 0.1) is 38.6 Å². The number of hydrogen-bond acceptors (Lipinski definition) is 18. The number of hydrogen-bond donors (Lipinski definition) is 12. The Bertz CT molecular complexity index is 1690. The SMILES string of the molecule is CCCCC/C=C\CCCCCCCC(=O)NC(COC1OC(CO)C(OC2OC(CO)C(OC3OC(CO)C(O)C(O)C3O)C(O)C2O)C(O)C1O)C(O)/C=C/CCCCCCCCCCCCCCCCCCCCCCCCCCCCCCC. The van der Waals surface area contributed by atoms with Crippen molar-refractivity contribution in [2.45, 2.75) is 381 Å². The third kappa shape index (κ3) is 33.4. The maximum absolute atomic E-state index is 13.3. The van der Waals surface area contributed by atoms with E-state index in [1.165, 1.54) is 186 Å². The monoisotopic (exact) mass is 1260 g/mol. The molecule has 12 N–H and O–H groups in total. The molecule has 3 rings (SSSR count). The molecule has 0 aromatic carbocycles. The Kier molecular flexibility index (Phi) is 47.3. The van der Waals surface area contributed by atoms with Crippen LogP contribution in [0.4, 0.5) is 0 Å². The second kappa shape index (κ2) is 51.7. The average Bonchev–Trinajstić information content (AvgIpc) is 1.88. The molecule has 17 atom stereocenters. The minimum Gasteiger partial charge on any atom is -0.394 e. The van der Waals surface area contributed by atoms with Crippen molar-refractivity contribution in [3.8, 4) is 0 Å². The molecule has 0 radical (unpaired) electrons. The number of aliphatic hydroxyl groups excluding tert-OH is 11. The number of carbonyl (C=O) groups excluding carboxylic acids is 1. The molecule has 0 spiro atoms. The van der Waals surface area contributed by atoms with Crippen molar-refractivity contribution < 1.29 is 89.4 Å². The van der Waals surface area contributed by atoms with Gasteiger partial charge in [0.2, 0.25) is 5.91 Å². The van der Waals surface area contributed by atoms with Crippen LogP contribution >= 0.6 is 0 Å². The summed E-state index contributed by atoms with van der Waals surface area (Å²) in [6, 6.07) is -0.975. The van der Waals surface area contributed by atoms with Gasteiger partial charge in [-0.25, -0.2) is 0 Å². The highest BCUT2D eigenvalue weighted by atomic mass is 16.8. The Balaban J connectivity index is 1.37. The summed E-state index contributed by atoms with van der Waals surface area (Å²) in [5.41, 5.74) is 0. The van der Waals surface area contributed by atoms with Crippen LogP contribution in [0.15, 0.2) is 24.3 Å². The Morgan fingerprint density at radius 2 is 0.716 bits per heavy atom. The smallest absolute Gasteiger partial charge is 0.220 e. The molecule has 88 heavy (non-hydrogen) atoms. The number of unbranched alkanes of at least 4 members (excludes halogenated alkanes) is 37. The lowest BCUT2D eigenvalue weighted by molar-refractivity contribution is -0.379. The summed E-state index contributed by atoms with van der Waals surface area (Å²) in [6.07, 6.45) is 31.9. The quantitative estimate of drug-likeness (QED) is 0.0199. The van der Waals surface area contributed by atoms with Crippen molar-refractivity contribution in [3.63, 3.8) is 0 Å². The van der Waals surface area contributed by atoms with E-state index < -0.39 is 124 Å². The normalized spacial score (nSPS) is 28.5. The van der Waals surface area contributed by atoms with Gasteiger partial charge in [-0.2, -0.15) is 0 Å². The number of ether oxygens (including phenoxy) is 6. The maximum atomic E-state index is 13.3. The van der Waals surface area contributed by atoms with Crippen LogP contribution in [-0.2, 0) is 33.2 Å². The van der Waals surface area contributed by atoms with Gasteiger partial charge in [-0.15, -0.1) is 0 Å². The summed E-state index contributed by atoms with van der Waals surface area (Å²) < 4.78 is 34.3. The standard InChI is InChI=1S/C69H129NO18/c1-3-5-7-9-11-13-15-17-18-19-20-21-22-23-24-25-26-27-28-29-30-31-32-33-34-35-36-38-40-42-44-46-53(74)52(70-57(75)47-45-43-41-39-37-16-14-12-10-8-6-4-2)51-83-67-63(81)60(78)65(55(49-72)85-67)88-69-64(82)61(79)66(56(50-73)86-69)87-68-62(80)59(77)58(76)54(48-71)84-68/h12,14,44,46,52-56,58-69,71-74,76-82H,3-11,13,15-43,45,47-51H2,1-2H3,(H,70,75)/b14-12-,46-44+. The average molecular weight is 1260 g/mol. The molecule has 0 aromatic rings. The Hall–Kier alpha value is -1.73. The van der Waals surface area contributed by atoms with Gasteiger partial charge in [-0.1, -0.05) is 250 Å². The highest BCUT2D eigenvalue weighted by molar-refractivity contribution is 5.76. The first kappa shape index (κ1) is 80.5. The molecule has 19 nitrogen and oxygen atoms in total. The molecule has 0 aromatic heterocycles. The van der Waals surface area contributed by atoms with Crippen molar-refractivity contribution in [2.24, 2.45) is 0 Å². The second-order valence-corrected chi connectivity index (χ2v) is 25.7. The topological polar surface area (TPSA) is 307 Å². The van der Waals surface area contributed by atoms with Crippen LogP contribution in [0.1, 0.15) is 277 Å². The van der Waals surface area contributed by atoms with E-state index in [0.29, 0.717) is 6.42 Å². The molecule has 1 amide bonds. The third-order valence-electron chi connectivity index (χ3n) is 18.0. The molecule has 17 unspecified atom stereocenters. The first-order valence-corrected chi connectivity index (χ1v) is 35.6. The number of aliphatic hydroxyl groups is 11. The second-order valence-electron chi connectivity index (χ2n) is 25.7. The maximum Gasteiger partial charge on any atom is 0.220 e. The molecule has 518 valence electrons. The van der Waals surface area contributed by atoms with Gasteiger partial charge in [0.25, 0.3) is 0 Å². The zero-order valence-electron chi connectivity index (χ0n) is 54.7. The molecule has 3 fully saturated rings. The fourth-order valence-electron chi connectivity index (χ4n) is 12.2.